The molecule has 3 rings (SSSR count). The molecular weight excluding hydrogens is 448 g/mol. The van der Waals surface area contributed by atoms with Gasteiger partial charge < -0.3 is 5.32 Å². The molecule has 0 radical (unpaired) electrons. The molecule has 0 aliphatic carbocycles. The first-order valence-corrected chi connectivity index (χ1v) is 12.1. The molecule has 32 heavy (non-hydrogen) atoms. The van der Waals surface area contributed by atoms with E-state index in [1.54, 1.807) is 50.2 Å². The Balaban J connectivity index is 1.61. The zero-order valence-electron chi connectivity index (χ0n) is 17.7. The summed E-state index contributed by atoms with van der Waals surface area (Å²) in [6, 6.07) is 16.6. The summed E-state index contributed by atoms with van der Waals surface area (Å²) in [5, 5.41) is 3.34. The second-order valence-corrected chi connectivity index (χ2v) is 10.1. The van der Waals surface area contributed by atoms with Crippen LogP contribution < -0.4 is 5.32 Å². The van der Waals surface area contributed by atoms with Crippen LogP contribution >= 0.6 is 11.6 Å². The topological polar surface area (TPSA) is 93.2 Å². The minimum atomic E-state index is -3.27. The van der Waals surface area contributed by atoms with Crippen LogP contribution in [0.1, 0.15) is 41.4 Å². The van der Waals surface area contributed by atoms with Crippen molar-refractivity contribution in [1.29, 1.82) is 0 Å². The Morgan fingerprint density at radius 1 is 1.00 bits per heavy atom. The molecule has 0 aliphatic rings. The summed E-state index contributed by atoms with van der Waals surface area (Å²) in [5.41, 5.74) is 2.31. The number of sulfone groups is 1. The zero-order chi connectivity index (χ0) is 23.3. The first-order chi connectivity index (χ1) is 15.2. The second kappa shape index (κ2) is 10.1. The normalized spacial score (nSPS) is 12.2. The number of nitrogens with zero attached hydrogens (tertiary/aromatic N) is 1. The minimum absolute atomic E-state index is 0.0246. The fourth-order valence-electron chi connectivity index (χ4n) is 3.11. The van der Waals surface area contributed by atoms with Crippen molar-refractivity contribution in [2.45, 2.75) is 31.1 Å². The van der Waals surface area contributed by atoms with Gasteiger partial charge in [0.1, 0.15) is 5.69 Å². The fraction of sp³-hybridized carbons (Fsp3) is 0.208. The van der Waals surface area contributed by atoms with Crippen LogP contribution in [0.2, 0.25) is 5.02 Å². The number of anilines is 1. The Kier molecular flexibility index (Phi) is 7.43. The second-order valence-electron chi connectivity index (χ2n) is 7.34. The van der Waals surface area contributed by atoms with Crippen LogP contribution in [-0.2, 0) is 21.1 Å². The lowest BCUT2D eigenvalue weighted by Crippen LogP contribution is -2.16. The van der Waals surface area contributed by atoms with Gasteiger partial charge in [-0.15, -0.1) is 0 Å². The van der Waals surface area contributed by atoms with E-state index in [2.05, 4.69) is 10.3 Å². The molecule has 2 aromatic carbocycles. The predicted molar refractivity (Wildman–Crippen MR) is 125 cm³/mol. The minimum Gasteiger partial charge on any atom is -0.324 e. The Morgan fingerprint density at radius 3 is 2.22 bits per heavy atom. The van der Waals surface area contributed by atoms with E-state index in [1.807, 2.05) is 12.1 Å². The van der Waals surface area contributed by atoms with Gasteiger partial charge in [0.05, 0.1) is 29.0 Å². The Bertz CT molecular complexity index is 1210. The number of benzene rings is 2. The first kappa shape index (κ1) is 23.6. The smallest absolute Gasteiger partial charge is 0.228 e. The van der Waals surface area contributed by atoms with E-state index in [4.69, 9.17) is 11.6 Å². The summed E-state index contributed by atoms with van der Waals surface area (Å²) in [5.74, 6) is -0.755. The number of rotatable bonds is 8. The molecule has 1 aromatic heterocycles. The van der Waals surface area contributed by atoms with Gasteiger partial charge in [-0.1, -0.05) is 49.7 Å². The number of Topliss-reactive ketones (excluding diaryl/α,β-unsaturated/α-hetero) is 1. The maximum absolute atomic E-state index is 12.7. The number of pyridine rings is 1. The highest BCUT2D eigenvalue weighted by Gasteiger charge is 2.18. The summed E-state index contributed by atoms with van der Waals surface area (Å²) >= 11 is 5.90. The van der Waals surface area contributed by atoms with Crippen molar-refractivity contribution in [3.63, 3.8) is 0 Å². The maximum atomic E-state index is 12.7. The Morgan fingerprint density at radius 2 is 1.66 bits per heavy atom. The van der Waals surface area contributed by atoms with Crippen LogP contribution in [0, 0.1) is 0 Å². The standard InChI is InChI=1S/C24H23ClN2O4S/c1-3-32(30,31)21-11-4-17(5-12-21)14-23(28)27-20-10-13-22(26-15-20)24(29)16(2)18-6-8-19(25)9-7-18/h4-13,15-16H,3,14H2,1-2H3,(H,27,28). The highest BCUT2D eigenvalue weighted by Crippen LogP contribution is 2.22. The fourth-order valence-corrected chi connectivity index (χ4v) is 4.12. The molecule has 0 spiro atoms. The van der Waals surface area contributed by atoms with Crippen LogP contribution in [0.4, 0.5) is 5.69 Å². The molecule has 1 atom stereocenters. The van der Waals surface area contributed by atoms with Crippen LogP contribution in [-0.4, -0.2) is 30.8 Å². The number of carbonyl (C=O) groups is 2. The summed E-state index contributed by atoms with van der Waals surface area (Å²) < 4.78 is 23.7. The number of amides is 1. The van der Waals surface area contributed by atoms with Gasteiger partial charge in [-0.25, -0.2) is 8.42 Å². The molecular formula is C24H23ClN2O4S. The molecule has 1 heterocycles. The van der Waals surface area contributed by atoms with E-state index in [0.717, 1.165) is 5.56 Å². The number of hydrogen-bond acceptors (Lipinski definition) is 5. The largest absolute Gasteiger partial charge is 0.324 e. The summed E-state index contributed by atoms with van der Waals surface area (Å²) in [4.78, 5) is 29.5. The molecule has 166 valence electrons. The van der Waals surface area contributed by atoms with Gasteiger partial charge in [0.2, 0.25) is 5.91 Å². The number of nitrogens with one attached hydrogen (secondary N) is 1. The van der Waals surface area contributed by atoms with Gasteiger partial charge in [-0.05, 0) is 47.5 Å². The molecule has 1 unspecified atom stereocenters. The Labute approximate surface area is 192 Å². The number of hydrogen-bond donors (Lipinski definition) is 1. The SMILES string of the molecule is CCS(=O)(=O)c1ccc(CC(=O)Nc2ccc(C(=O)C(C)c3ccc(Cl)cc3)nc2)cc1. The molecule has 3 aromatic rings. The molecule has 0 aliphatic heterocycles. The molecule has 6 nitrogen and oxygen atoms in total. The quantitative estimate of drug-likeness (QED) is 0.482. The highest BCUT2D eigenvalue weighted by atomic mass is 35.5. The van der Waals surface area contributed by atoms with Gasteiger partial charge in [-0.2, -0.15) is 0 Å². The molecule has 8 heteroatoms. The van der Waals surface area contributed by atoms with Crippen molar-refractivity contribution in [2.24, 2.45) is 0 Å². The van der Waals surface area contributed by atoms with E-state index in [0.29, 0.717) is 22.0 Å². The lowest BCUT2D eigenvalue weighted by atomic mass is 9.95. The average molecular weight is 471 g/mol. The predicted octanol–water partition coefficient (Wildman–Crippen LogP) is 4.70. The van der Waals surface area contributed by atoms with Crippen molar-refractivity contribution in [1.82, 2.24) is 4.98 Å². The van der Waals surface area contributed by atoms with E-state index in [9.17, 15) is 18.0 Å². The highest BCUT2D eigenvalue weighted by molar-refractivity contribution is 7.91. The average Bonchev–Trinajstić information content (AvgIpc) is 2.79. The molecule has 1 amide bonds. The summed E-state index contributed by atoms with van der Waals surface area (Å²) in [6.45, 7) is 3.39. The molecule has 0 saturated carbocycles. The summed E-state index contributed by atoms with van der Waals surface area (Å²) in [6.07, 6.45) is 1.53. The number of carbonyl (C=O) groups excluding carboxylic acids is 2. The van der Waals surface area contributed by atoms with Crippen molar-refractivity contribution in [3.8, 4) is 0 Å². The van der Waals surface area contributed by atoms with Gasteiger partial charge in [-0.3, -0.25) is 14.6 Å². The lowest BCUT2D eigenvalue weighted by Gasteiger charge is -2.11. The van der Waals surface area contributed by atoms with Crippen molar-refractivity contribution in [2.75, 3.05) is 11.1 Å². The van der Waals surface area contributed by atoms with Gasteiger partial charge in [0.15, 0.2) is 15.6 Å². The van der Waals surface area contributed by atoms with E-state index < -0.39 is 9.84 Å². The van der Waals surface area contributed by atoms with E-state index >= 15 is 0 Å². The Hall–Kier alpha value is -3.03. The molecule has 0 saturated heterocycles. The zero-order valence-corrected chi connectivity index (χ0v) is 19.3. The van der Waals surface area contributed by atoms with Crippen LogP contribution in [0.5, 0.6) is 0 Å². The third-order valence-corrected chi connectivity index (χ3v) is 7.09. The third kappa shape index (κ3) is 5.81. The van der Waals surface area contributed by atoms with Gasteiger partial charge >= 0.3 is 0 Å². The van der Waals surface area contributed by atoms with Crippen molar-refractivity contribution < 1.29 is 18.0 Å². The van der Waals surface area contributed by atoms with Crippen LogP contribution in [0.3, 0.4) is 0 Å². The monoisotopic (exact) mass is 470 g/mol. The van der Waals surface area contributed by atoms with Crippen molar-refractivity contribution >= 4 is 38.8 Å². The molecule has 1 N–H and O–H groups in total. The first-order valence-electron chi connectivity index (χ1n) is 10.1. The van der Waals surface area contributed by atoms with Crippen LogP contribution in [0.15, 0.2) is 71.8 Å². The maximum Gasteiger partial charge on any atom is 0.228 e. The number of ketones is 1. The number of halogens is 1. The third-order valence-electron chi connectivity index (χ3n) is 5.09. The van der Waals surface area contributed by atoms with Gasteiger partial charge in [0, 0.05) is 10.9 Å². The lowest BCUT2D eigenvalue weighted by molar-refractivity contribution is -0.115. The van der Waals surface area contributed by atoms with Crippen LogP contribution in [0.25, 0.3) is 0 Å². The summed E-state index contributed by atoms with van der Waals surface area (Å²) in [7, 11) is -3.27. The molecule has 0 fully saturated rings. The van der Waals surface area contributed by atoms with Crippen molar-refractivity contribution in [3.05, 3.63) is 88.7 Å². The van der Waals surface area contributed by atoms with Gasteiger partial charge in [0.25, 0.3) is 0 Å². The molecule has 0 bridgehead atoms. The number of aromatic nitrogens is 1. The van der Waals surface area contributed by atoms with E-state index in [1.165, 1.54) is 18.3 Å². The van der Waals surface area contributed by atoms with E-state index in [-0.39, 0.29) is 34.7 Å².